The van der Waals surface area contributed by atoms with E-state index in [0.717, 1.165) is 5.56 Å². The summed E-state index contributed by atoms with van der Waals surface area (Å²) >= 11 is 0. The van der Waals surface area contributed by atoms with Crippen molar-refractivity contribution in [1.82, 2.24) is 0 Å². The standard InChI is InChI=1S/C18H13FO3/c1-12-3-9-16(18(11-12)22-13(2)20)17(21)10-6-14-4-7-15(19)8-5-14/h3-5,7-9,11H,1-2H3. The molecule has 0 saturated carbocycles. The van der Waals surface area contributed by atoms with Crippen LogP contribution in [0.5, 0.6) is 5.75 Å². The van der Waals surface area contributed by atoms with Crippen LogP contribution in [0.2, 0.25) is 0 Å². The lowest BCUT2D eigenvalue weighted by Crippen LogP contribution is -2.07. The first-order valence-electron chi connectivity index (χ1n) is 6.56. The lowest BCUT2D eigenvalue weighted by atomic mass is 10.1. The van der Waals surface area contributed by atoms with Gasteiger partial charge in [-0.1, -0.05) is 12.0 Å². The average Bonchev–Trinajstić information content (AvgIpc) is 2.46. The summed E-state index contributed by atoms with van der Waals surface area (Å²) in [6, 6.07) is 10.4. The van der Waals surface area contributed by atoms with E-state index in [1.54, 1.807) is 18.2 Å². The van der Waals surface area contributed by atoms with Gasteiger partial charge in [0.05, 0.1) is 5.56 Å². The van der Waals surface area contributed by atoms with Crippen molar-refractivity contribution in [3.05, 3.63) is 65.0 Å². The first-order chi connectivity index (χ1) is 10.5. The summed E-state index contributed by atoms with van der Waals surface area (Å²) in [7, 11) is 0. The van der Waals surface area contributed by atoms with Gasteiger partial charge in [-0.15, -0.1) is 0 Å². The van der Waals surface area contributed by atoms with E-state index in [0.29, 0.717) is 5.56 Å². The predicted molar refractivity (Wildman–Crippen MR) is 80.1 cm³/mol. The molecule has 0 N–H and O–H groups in total. The van der Waals surface area contributed by atoms with Crippen molar-refractivity contribution in [2.75, 3.05) is 0 Å². The van der Waals surface area contributed by atoms with E-state index >= 15 is 0 Å². The molecule has 3 nitrogen and oxygen atoms in total. The zero-order valence-electron chi connectivity index (χ0n) is 12.1. The van der Waals surface area contributed by atoms with Crippen molar-refractivity contribution >= 4 is 11.8 Å². The molecule has 4 heteroatoms. The molecule has 0 fully saturated rings. The van der Waals surface area contributed by atoms with E-state index in [9.17, 15) is 14.0 Å². The SMILES string of the molecule is CC(=O)Oc1cc(C)ccc1C(=O)C#Cc1ccc(F)cc1. The van der Waals surface area contributed by atoms with Crippen molar-refractivity contribution in [3.63, 3.8) is 0 Å². The Kier molecular flexibility index (Phi) is 4.70. The fourth-order valence-corrected chi connectivity index (χ4v) is 1.79. The Bertz CT molecular complexity index is 780. The van der Waals surface area contributed by atoms with Gasteiger partial charge in [0, 0.05) is 12.5 Å². The summed E-state index contributed by atoms with van der Waals surface area (Å²) in [5.74, 6) is 3.96. The molecule has 0 aliphatic rings. The van der Waals surface area contributed by atoms with Crippen molar-refractivity contribution < 1.29 is 18.7 Å². The molecule has 110 valence electrons. The number of rotatable bonds is 2. The highest BCUT2D eigenvalue weighted by atomic mass is 19.1. The van der Waals surface area contributed by atoms with Crippen LogP contribution in [0.1, 0.15) is 28.4 Å². The van der Waals surface area contributed by atoms with Crippen molar-refractivity contribution in [2.24, 2.45) is 0 Å². The van der Waals surface area contributed by atoms with Crippen molar-refractivity contribution in [1.29, 1.82) is 0 Å². The predicted octanol–water partition coefficient (Wildman–Crippen LogP) is 3.29. The van der Waals surface area contributed by atoms with Gasteiger partial charge >= 0.3 is 5.97 Å². The summed E-state index contributed by atoms with van der Waals surface area (Å²) in [5, 5.41) is 0. The summed E-state index contributed by atoms with van der Waals surface area (Å²) in [6.45, 7) is 3.09. The van der Waals surface area contributed by atoms with Crippen molar-refractivity contribution in [3.8, 4) is 17.6 Å². The molecular formula is C18H13FO3. The third-order valence-electron chi connectivity index (χ3n) is 2.80. The van der Waals surface area contributed by atoms with Crippen LogP contribution in [0.4, 0.5) is 4.39 Å². The van der Waals surface area contributed by atoms with Crippen LogP contribution < -0.4 is 4.74 Å². The van der Waals surface area contributed by atoms with Crippen LogP contribution in [0, 0.1) is 24.6 Å². The Balaban J connectivity index is 2.30. The van der Waals surface area contributed by atoms with Crippen LogP contribution in [-0.2, 0) is 4.79 Å². The lowest BCUT2D eigenvalue weighted by molar-refractivity contribution is -0.131. The van der Waals surface area contributed by atoms with E-state index in [4.69, 9.17) is 4.74 Å². The van der Waals surface area contributed by atoms with E-state index < -0.39 is 11.8 Å². The summed E-state index contributed by atoms with van der Waals surface area (Å²) in [4.78, 5) is 23.3. The molecule has 0 heterocycles. The molecule has 0 spiro atoms. The molecule has 2 aromatic rings. The Labute approximate surface area is 127 Å². The number of Topliss-reactive ketones (excluding diaryl/α,β-unsaturated/α-hetero) is 1. The van der Waals surface area contributed by atoms with Gasteiger partial charge in [0.1, 0.15) is 11.6 Å². The zero-order valence-corrected chi connectivity index (χ0v) is 12.1. The number of aryl methyl sites for hydroxylation is 1. The largest absolute Gasteiger partial charge is 0.426 e. The van der Waals surface area contributed by atoms with Gasteiger partial charge in [-0.25, -0.2) is 4.39 Å². The third kappa shape index (κ3) is 4.03. The molecule has 0 unspecified atom stereocenters. The molecule has 0 atom stereocenters. The molecule has 2 rings (SSSR count). The van der Waals surface area contributed by atoms with E-state index in [-0.39, 0.29) is 17.1 Å². The normalized spacial score (nSPS) is 9.59. The second-order valence-electron chi connectivity index (χ2n) is 4.68. The zero-order chi connectivity index (χ0) is 16.1. The molecule has 0 aliphatic heterocycles. The summed E-state index contributed by atoms with van der Waals surface area (Å²) < 4.78 is 17.8. The second-order valence-corrected chi connectivity index (χ2v) is 4.68. The monoisotopic (exact) mass is 296 g/mol. The van der Waals surface area contributed by atoms with Gasteiger partial charge in [0.15, 0.2) is 0 Å². The Morgan fingerprint density at radius 3 is 2.41 bits per heavy atom. The number of esters is 1. The highest BCUT2D eigenvalue weighted by Gasteiger charge is 2.12. The number of ketones is 1. The smallest absolute Gasteiger partial charge is 0.308 e. The van der Waals surface area contributed by atoms with Crippen LogP contribution in [-0.4, -0.2) is 11.8 Å². The second kappa shape index (κ2) is 6.68. The van der Waals surface area contributed by atoms with Gasteiger partial charge in [-0.2, -0.15) is 0 Å². The summed E-state index contributed by atoms with van der Waals surface area (Å²) in [6.07, 6.45) is 0. The summed E-state index contributed by atoms with van der Waals surface area (Å²) in [5.41, 5.74) is 1.60. The first kappa shape index (κ1) is 15.5. The van der Waals surface area contributed by atoms with Gasteiger partial charge in [-0.05, 0) is 54.8 Å². The molecule has 22 heavy (non-hydrogen) atoms. The molecule has 0 aliphatic carbocycles. The quantitative estimate of drug-likeness (QED) is 0.370. The van der Waals surface area contributed by atoms with Gasteiger partial charge in [0.2, 0.25) is 5.78 Å². The van der Waals surface area contributed by atoms with Crippen molar-refractivity contribution in [2.45, 2.75) is 13.8 Å². The molecular weight excluding hydrogens is 283 g/mol. The molecule has 0 amide bonds. The molecule has 0 saturated heterocycles. The van der Waals surface area contributed by atoms with Crippen LogP contribution >= 0.6 is 0 Å². The first-order valence-corrected chi connectivity index (χ1v) is 6.56. The molecule has 0 radical (unpaired) electrons. The number of benzene rings is 2. The maximum atomic E-state index is 12.8. The lowest BCUT2D eigenvalue weighted by Gasteiger charge is -2.06. The number of hydrogen-bond acceptors (Lipinski definition) is 3. The number of carbonyl (C=O) groups is 2. The fourth-order valence-electron chi connectivity index (χ4n) is 1.79. The van der Waals surface area contributed by atoms with E-state index in [1.165, 1.54) is 31.2 Å². The van der Waals surface area contributed by atoms with E-state index in [1.807, 2.05) is 6.92 Å². The van der Waals surface area contributed by atoms with Gasteiger partial charge in [0.25, 0.3) is 0 Å². The number of carbonyl (C=O) groups excluding carboxylic acids is 2. The highest BCUT2D eigenvalue weighted by molar-refractivity contribution is 6.11. The minimum absolute atomic E-state index is 0.186. The van der Waals surface area contributed by atoms with Crippen LogP contribution in [0.3, 0.4) is 0 Å². The minimum atomic E-state index is -0.508. The molecule has 0 aromatic heterocycles. The highest BCUT2D eigenvalue weighted by Crippen LogP contribution is 2.21. The average molecular weight is 296 g/mol. The Morgan fingerprint density at radius 2 is 1.77 bits per heavy atom. The van der Waals surface area contributed by atoms with Gasteiger partial charge in [-0.3, -0.25) is 9.59 Å². The minimum Gasteiger partial charge on any atom is -0.426 e. The number of halogens is 1. The Hall–Kier alpha value is -2.93. The topological polar surface area (TPSA) is 43.4 Å². The number of ether oxygens (including phenoxy) is 1. The maximum absolute atomic E-state index is 12.8. The Morgan fingerprint density at radius 1 is 1.09 bits per heavy atom. The molecule has 0 bridgehead atoms. The van der Waals surface area contributed by atoms with Crippen LogP contribution in [0.15, 0.2) is 42.5 Å². The molecule has 2 aromatic carbocycles. The third-order valence-corrected chi connectivity index (χ3v) is 2.80. The van der Waals surface area contributed by atoms with E-state index in [2.05, 4.69) is 11.8 Å². The fraction of sp³-hybridized carbons (Fsp3) is 0.111. The maximum Gasteiger partial charge on any atom is 0.308 e. The number of hydrogen-bond donors (Lipinski definition) is 0. The van der Waals surface area contributed by atoms with Gasteiger partial charge < -0.3 is 4.74 Å². The van der Waals surface area contributed by atoms with Crippen LogP contribution in [0.25, 0.3) is 0 Å².